The molecule has 170 valence electrons. The third-order valence-electron chi connectivity index (χ3n) is 5.42. The van der Waals surface area contributed by atoms with Gasteiger partial charge in [-0.3, -0.25) is 14.5 Å². The van der Waals surface area contributed by atoms with Crippen LogP contribution >= 0.6 is 15.9 Å². The molecule has 33 heavy (non-hydrogen) atoms. The molecule has 1 aliphatic heterocycles. The molecular weight excluding hydrogens is 512 g/mol. The Bertz CT molecular complexity index is 1350. The van der Waals surface area contributed by atoms with Crippen LogP contribution in [0.15, 0.2) is 64.0 Å². The number of carboxylic acids is 1. The van der Waals surface area contributed by atoms with Gasteiger partial charge in [0.1, 0.15) is 0 Å². The number of hydrogen-bond acceptors (Lipinski definition) is 5. The van der Waals surface area contributed by atoms with Gasteiger partial charge in [0.2, 0.25) is 10.0 Å². The van der Waals surface area contributed by atoms with Crippen molar-refractivity contribution >= 4 is 54.5 Å². The summed E-state index contributed by atoms with van der Waals surface area (Å²) < 4.78 is 28.0. The standard InChI is InChI=1S/C23H19BrN2O6S/c24-15-9-10-16(23(29)30)19(13-15)33(31,32)25-11-1-2-12-26-21(27)17-7-3-5-14-6-4-8-18(20(14)17)22(26)28/h3-10,13,25H,1-2,11-12H2,(H,29,30). The highest BCUT2D eigenvalue weighted by Gasteiger charge is 2.32. The van der Waals surface area contributed by atoms with Crippen LogP contribution in [0.3, 0.4) is 0 Å². The van der Waals surface area contributed by atoms with Crippen molar-refractivity contribution in [3.8, 4) is 0 Å². The van der Waals surface area contributed by atoms with Crippen LogP contribution in [0.2, 0.25) is 0 Å². The molecule has 0 saturated carbocycles. The predicted octanol–water partition coefficient (Wildman–Crippen LogP) is 3.66. The molecule has 1 aliphatic rings. The van der Waals surface area contributed by atoms with E-state index in [0.717, 1.165) is 5.39 Å². The van der Waals surface area contributed by atoms with Gasteiger partial charge < -0.3 is 5.11 Å². The van der Waals surface area contributed by atoms with Gasteiger partial charge in [-0.05, 0) is 48.6 Å². The Balaban J connectivity index is 1.40. The van der Waals surface area contributed by atoms with Gasteiger partial charge in [0, 0.05) is 34.1 Å². The lowest BCUT2D eigenvalue weighted by Gasteiger charge is -2.27. The van der Waals surface area contributed by atoms with Gasteiger partial charge in [0.05, 0.1) is 10.5 Å². The number of unbranched alkanes of at least 4 members (excludes halogenated alkanes) is 1. The molecule has 8 nitrogen and oxygen atoms in total. The molecule has 1 heterocycles. The summed E-state index contributed by atoms with van der Waals surface area (Å²) in [7, 11) is -4.06. The van der Waals surface area contributed by atoms with Crippen molar-refractivity contribution in [1.82, 2.24) is 9.62 Å². The van der Waals surface area contributed by atoms with Crippen molar-refractivity contribution < 1.29 is 27.9 Å². The minimum absolute atomic E-state index is 0.0241. The van der Waals surface area contributed by atoms with Gasteiger partial charge in [-0.25, -0.2) is 17.9 Å². The van der Waals surface area contributed by atoms with Crippen LogP contribution in [0.4, 0.5) is 0 Å². The molecule has 0 aromatic heterocycles. The maximum absolute atomic E-state index is 12.9. The number of sulfonamides is 1. The predicted molar refractivity (Wildman–Crippen MR) is 125 cm³/mol. The Labute approximate surface area is 198 Å². The van der Waals surface area contributed by atoms with E-state index in [4.69, 9.17) is 0 Å². The number of carbonyl (C=O) groups excluding carboxylic acids is 2. The zero-order chi connectivity index (χ0) is 23.8. The molecule has 10 heteroatoms. The number of imide groups is 1. The summed E-state index contributed by atoms with van der Waals surface area (Å²) in [6.07, 6.45) is 0.723. The quantitative estimate of drug-likeness (QED) is 0.338. The fourth-order valence-corrected chi connectivity index (χ4v) is 5.67. The third kappa shape index (κ3) is 4.41. The monoisotopic (exact) mass is 530 g/mol. The van der Waals surface area contributed by atoms with Crippen LogP contribution in [0, 0.1) is 0 Å². The lowest BCUT2D eigenvalue weighted by Crippen LogP contribution is -2.41. The Morgan fingerprint density at radius 1 is 0.970 bits per heavy atom. The van der Waals surface area contributed by atoms with E-state index in [9.17, 15) is 27.9 Å². The molecule has 0 bridgehead atoms. The van der Waals surface area contributed by atoms with Gasteiger partial charge in [-0.15, -0.1) is 0 Å². The van der Waals surface area contributed by atoms with E-state index >= 15 is 0 Å². The number of nitrogens with zero attached hydrogens (tertiary/aromatic N) is 1. The number of amides is 2. The van der Waals surface area contributed by atoms with Gasteiger partial charge in [0.25, 0.3) is 11.8 Å². The summed E-state index contributed by atoms with van der Waals surface area (Å²) in [5.74, 6) is -2.09. The molecule has 0 atom stereocenters. The van der Waals surface area contributed by atoms with Crippen LogP contribution in [-0.4, -0.2) is 49.3 Å². The summed E-state index contributed by atoms with van der Waals surface area (Å²) in [6.45, 7) is 0.164. The molecule has 3 aromatic rings. The fourth-order valence-electron chi connectivity index (χ4n) is 3.86. The lowest BCUT2D eigenvalue weighted by atomic mass is 9.94. The molecule has 4 rings (SSSR count). The van der Waals surface area contributed by atoms with E-state index < -0.39 is 16.0 Å². The van der Waals surface area contributed by atoms with E-state index in [1.54, 1.807) is 24.3 Å². The van der Waals surface area contributed by atoms with Crippen molar-refractivity contribution in [3.63, 3.8) is 0 Å². The number of rotatable bonds is 8. The second-order valence-electron chi connectivity index (χ2n) is 7.52. The molecular formula is C23H19BrN2O6S. The topological polar surface area (TPSA) is 121 Å². The zero-order valence-electron chi connectivity index (χ0n) is 17.2. The van der Waals surface area contributed by atoms with Crippen molar-refractivity contribution in [1.29, 1.82) is 0 Å². The first-order chi connectivity index (χ1) is 15.7. The number of halogens is 1. The Kier molecular flexibility index (Phi) is 6.33. The Hall–Kier alpha value is -3.08. The number of carboxylic acid groups (broad SMARTS) is 1. The zero-order valence-corrected chi connectivity index (χ0v) is 19.6. The highest BCUT2D eigenvalue weighted by atomic mass is 79.9. The first-order valence-electron chi connectivity index (χ1n) is 10.1. The van der Waals surface area contributed by atoms with Crippen molar-refractivity contribution in [2.45, 2.75) is 17.7 Å². The van der Waals surface area contributed by atoms with E-state index in [2.05, 4.69) is 20.7 Å². The summed E-state index contributed by atoms with van der Waals surface area (Å²) in [4.78, 5) is 38.0. The smallest absolute Gasteiger partial charge is 0.337 e. The first kappa shape index (κ1) is 23.1. The lowest BCUT2D eigenvalue weighted by molar-refractivity contribution is 0.0606. The Morgan fingerprint density at radius 2 is 1.61 bits per heavy atom. The average molecular weight is 531 g/mol. The maximum Gasteiger partial charge on any atom is 0.337 e. The molecule has 0 spiro atoms. The normalized spacial score (nSPS) is 13.5. The van der Waals surface area contributed by atoms with Gasteiger partial charge in [-0.1, -0.05) is 40.2 Å². The maximum atomic E-state index is 12.9. The van der Waals surface area contributed by atoms with Crippen molar-refractivity contribution in [2.75, 3.05) is 13.1 Å². The molecule has 0 fully saturated rings. The van der Waals surface area contributed by atoms with E-state index in [0.29, 0.717) is 33.8 Å². The molecule has 0 saturated heterocycles. The van der Waals surface area contributed by atoms with Crippen molar-refractivity contribution in [3.05, 3.63) is 75.8 Å². The number of carbonyl (C=O) groups is 3. The summed E-state index contributed by atoms with van der Waals surface area (Å²) in [5, 5.41) is 10.8. The minimum atomic E-state index is -4.06. The minimum Gasteiger partial charge on any atom is -0.478 e. The first-order valence-corrected chi connectivity index (χ1v) is 12.4. The Morgan fingerprint density at radius 3 is 2.21 bits per heavy atom. The van der Waals surface area contributed by atoms with E-state index in [1.165, 1.54) is 23.1 Å². The fraction of sp³-hybridized carbons (Fsp3) is 0.174. The van der Waals surface area contributed by atoms with E-state index in [1.807, 2.05) is 12.1 Å². The van der Waals surface area contributed by atoms with Crippen LogP contribution in [0.25, 0.3) is 10.8 Å². The van der Waals surface area contributed by atoms with Crippen LogP contribution in [0.5, 0.6) is 0 Å². The second-order valence-corrected chi connectivity index (χ2v) is 10.2. The highest BCUT2D eigenvalue weighted by Crippen LogP contribution is 2.30. The summed E-state index contributed by atoms with van der Waals surface area (Å²) in [6, 6.07) is 14.5. The van der Waals surface area contributed by atoms with E-state index in [-0.39, 0.29) is 35.4 Å². The molecule has 3 aromatic carbocycles. The molecule has 0 unspecified atom stereocenters. The molecule has 2 amide bonds. The molecule has 2 N–H and O–H groups in total. The highest BCUT2D eigenvalue weighted by molar-refractivity contribution is 9.10. The number of aromatic carboxylic acids is 1. The number of benzene rings is 3. The van der Waals surface area contributed by atoms with Crippen LogP contribution in [-0.2, 0) is 10.0 Å². The largest absolute Gasteiger partial charge is 0.478 e. The summed E-state index contributed by atoms with van der Waals surface area (Å²) >= 11 is 3.15. The van der Waals surface area contributed by atoms with Gasteiger partial charge in [0.15, 0.2) is 0 Å². The number of hydrogen-bond donors (Lipinski definition) is 2. The number of nitrogens with one attached hydrogen (secondary N) is 1. The van der Waals surface area contributed by atoms with Crippen LogP contribution < -0.4 is 4.72 Å². The summed E-state index contributed by atoms with van der Waals surface area (Å²) in [5.41, 5.74) is 0.613. The molecule has 0 aliphatic carbocycles. The molecule has 0 radical (unpaired) electrons. The third-order valence-corrected chi connectivity index (χ3v) is 7.41. The van der Waals surface area contributed by atoms with Crippen molar-refractivity contribution in [2.24, 2.45) is 0 Å². The SMILES string of the molecule is O=C(O)c1ccc(Br)cc1S(=O)(=O)NCCCCN1C(=O)c2cccc3cccc(c23)C1=O. The second kappa shape index (κ2) is 9.05. The average Bonchev–Trinajstić information content (AvgIpc) is 2.78. The van der Waals surface area contributed by atoms with Gasteiger partial charge >= 0.3 is 5.97 Å². The van der Waals surface area contributed by atoms with Gasteiger partial charge in [-0.2, -0.15) is 0 Å². The van der Waals surface area contributed by atoms with Crippen LogP contribution in [0.1, 0.15) is 43.9 Å².